The first-order valence-corrected chi connectivity index (χ1v) is 18.6. The number of imide groups is 1. The SMILES string of the molecule is CS(=O)(=O)N(Cc1cccnc1)c1ccc2c(c1)C(=O)N(CC(=O)OC(Cc1c(Cl)c[n+]([O-])cc1Cl)c1ccc(OC(F)F)c(OCC3CC3)c1)C2=O. The zero-order chi connectivity index (χ0) is 38.0. The van der Waals surface area contributed by atoms with Crippen LogP contribution in [-0.2, 0) is 32.5 Å². The Morgan fingerprint density at radius 2 is 1.77 bits per heavy atom. The molecular formula is C35H30Cl2F2N4O9S. The molecule has 2 aliphatic rings. The van der Waals surface area contributed by atoms with E-state index >= 15 is 0 Å². The number of fused-ring (bicyclic) bond motifs is 1. The molecule has 1 aliphatic carbocycles. The van der Waals surface area contributed by atoms with Gasteiger partial charge in [0.2, 0.25) is 10.0 Å². The number of pyridine rings is 2. The van der Waals surface area contributed by atoms with Gasteiger partial charge in [0.15, 0.2) is 23.9 Å². The van der Waals surface area contributed by atoms with Gasteiger partial charge in [0, 0.05) is 24.4 Å². The predicted molar refractivity (Wildman–Crippen MR) is 186 cm³/mol. The number of carbonyl (C=O) groups excluding carboxylic acids is 3. The predicted octanol–water partition coefficient (Wildman–Crippen LogP) is 5.50. The quantitative estimate of drug-likeness (QED) is 0.0652. The molecule has 0 spiro atoms. The van der Waals surface area contributed by atoms with Crippen molar-refractivity contribution >= 4 is 56.7 Å². The molecule has 0 N–H and O–H groups in total. The number of alkyl halides is 2. The Kier molecular flexibility index (Phi) is 11.0. The number of carbonyl (C=O) groups is 3. The van der Waals surface area contributed by atoms with Gasteiger partial charge in [-0.3, -0.25) is 28.6 Å². The van der Waals surface area contributed by atoms with E-state index in [9.17, 15) is 36.8 Å². The van der Waals surface area contributed by atoms with E-state index in [0.717, 1.165) is 35.8 Å². The monoisotopic (exact) mass is 790 g/mol. The van der Waals surface area contributed by atoms with E-state index < -0.39 is 47.1 Å². The maximum absolute atomic E-state index is 13.6. The van der Waals surface area contributed by atoms with Gasteiger partial charge in [-0.05, 0) is 66.3 Å². The van der Waals surface area contributed by atoms with E-state index in [1.54, 1.807) is 12.1 Å². The molecule has 2 aromatic heterocycles. The van der Waals surface area contributed by atoms with Crippen molar-refractivity contribution in [1.29, 1.82) is 0 Å². The number of esters is 1. The average Bonchev–Trinajstić information content (AvgIpc) is 3.90. The van der Waals surface area contributed by atoms with Crippen LogP contribution >= 0.6 is 23.2 Å². The summed E-state index contributed by atoms with van der Waals surface area (Å²) in [5.41, 5.74) is 0.940. The topological polar surface area (TPSA) is 159 Å². The number of amides is 2. The lowest BCUT2D eigenvalue weighted by Crippen LogP contribution is -2.36. The van der Waals surface area contributed by atoms with Crippen molar-refractivity contribution < 1.29 is 50.5 Å². The van der Waals surface area contributed by atoms with Gasteiger partial charge in [-0.1, -0.05) is 35.3 Å². The molecule has 53 heavy (non-hydrogen) atoms. The van der Waals surface area contributed by atoms with E-state index in [0.29, 0.717) is 15.2 Å². The number of ether oxygens (including phenoxy) is 3. The molecule has 0 saturated heterocycles. The molecule has 2 aromatic carbocycles. The Morgan fingerprint density at radius 3 is 2.42 bits per heavy atom. The van der Waals surface area contributed by atoms with Gasteiger partial charge in [0.1, 0.15) is 22.7 Å². The van der Waals surface area contributed by atoms with E-state index in [4.69, 9.17) is 32.7 Å². The van der Waals surface area contributed by atoms with E-state index in [2.05, 4.69) is 9.72 Å². The zero-order valence-corrected chi connectivity index (χ0v) is 30.1. The number of benzene rings is 2. The van der Waals surface area contributed by atoms with Crippen molar-refractivity contribution in [3.05, 3.63) is 116 Å². The molecule has 18 heteroatoms. The van der Waals surface area contributed by atoms with Gasteiger partial charge in [-0.15, -0.1) is 0 Å². The Hall–Kier alpha value is -5.06. The van der Waals surface area contributed by atoms with Crippen molar-refractivity contribution in [2.24, 2.45) is 5.92 Å². The summed E-state index contributed by atoms with van der Waals surface area (Å²) in [4.78, 5) is 45.1. The molecule has 4 aromatic rings. The van der Waals surface area contributed by atoms with E-state index in [1.807, 2.05) is 0 Å². The highest BCUT2D eigenvalue weighted by atomic mass is 35.5. The summed E-state index contributed by atoms with van der Waals surface area (Å²) in [5.74, 6) is -2.78. The van der Waals surface area contributed by atoms with Crippen LogP contribution in [0.15, 0.2) is 73.3 Å². The molecular weight excluding hydrogens is 761 g/mol. The third-order valence-corrected chi connectivity index (χ3v) is 10.2. The first-order valence-electron chi connectivity index (χ1n) is 16.0. The maximum Gasteiger partial charge on any atom is 0.387 e. The molecule has 6 rings (SSSR count). The Labute approximate surface area is 312 Å². The van der Waals surface area contributed by atoms with Gasteiger partial charge < -0.3 is 19.4 Å². The van der Waals surface area contributed by atoms with Crippen LogP contribution < -0.4 is 18.5 Å². The van der Waals surface area contributed by atoms with Crippen LogP contribution in [0.5, 0.6) is 11.5 Å². The summed E-state index contributed by atoms with van der Waals surface area (Å²) in [6, 6.07) is 11.2. The van der Waals surface area contributed by atoms with Crippen molar-refractivity contribution in [1.82, 2.24) is 9.88 Å². The summed E-state index contributed by atoms with van der Waals surface area (Å²) in [6.07, 6.45) is 6.47. The highest BCUT2D eigenvalue weighted by molar-refractivity contribution is 7.92. The largest absolute Gasteiger partial charge is 0.619 e. The van der Waals surface area contributed by atoms with Gasteiger partial charge in [0.25, 0.3) is 11.8 Å². The van der Waals surface area contributed by atoms with Crippen LogP contribution in [0.4, 0.5) is 14.5 Å². The van der Waals surface area contributed by atoms with Gasteiger partial charge in [-0.2, -0.15) is 13.5 Å². The number of anilines is 1. The zero-order valence-electron chi connectivity index (χ0n) is 27.8. The van der Waals surface area contributed by atoms with Gasteiger partial charge in [0.05, 0.1) is 36.2 Å². The summed E-state index contributed by atoms with van der Waals surface area (Å²) in [5, 5.41) is 11.8. The molecule has 3 heterocycles. The number of hydrogen-bond donors (Lipinski definition) is 0. The number of halogens is 4. The standard InChI is InChI=1S/C35H30Cl2F2N4O9S/c1-53(48,49)43(15-21-3-2-10-40-14-21)23-7-8-24-25(12-23)34(46)42(33(24)45)18-32(44)51-30(13-26-27(36)16-41(47)17-28(26)37)22-6-9-29(52-35(38)39)31(11-22)50-19-20-4-5-20/h2-3,6-12,14,16-17,20,30,35H,4-5,13,15,18-19H2,1H3. The molecule has 1 aliphatic heterocycles. The summed E-state index contributed by atoms with van der Waals surface area (Å²) in [7, 11) is -3.86. The highest BCUT2D eigenvalue weighted by Crippen LogP contribution is 2.38. The Morgan fingerprint density at radius 1 is 1.06 bits per heavy atom. The second kappa shape index (κ2) is 15.5. The average molecular weight is 792 g/mol. The minimum absolute atomic E-state index is 0.0405. The molecule has 2 amide bonds. The van der Waals surface area contributed by atoms with Gasteiger partial charge in [-0.25, -0.2) is 8.42 Å². The molecule has 278 valence electrons. The highest BCUT2D eigenvalue weighted by Gasteiger charge is 2.38. The third kappa shape index (κ3) is 8.95. The normalized spacial score (nSPS) is 14.6. The number of aromatic nitrogens is 2. The lowest BCUT2D eigenvalue weighted by Gasteiger charge is -2.23. The summed E-state index contributed by atoms with van der Waals surface area (Å²) < 4.78 is 69.6. The van der Waals surface area contributed by atoms with E-state index in [1.165, 1.54) is 48.8 Å². The molecule has 1 unspecified atom stereocenters. The maximum atomic E-state index is 13.6. The second-order valence-corrected chi connectivity index (χ2v) is 15.1. The van der Waals surface area contributed by atoms with Crippen LogP contribution in [0.3, 0.4) is 0 Å². The van der Waals surface area contributed by atoms with Crippen LogP contribution in [0.1, 0.15) is 56.4 Å². The minimum atomic E-state index is -3.86. The first kappa shape index (κ1) is 37.7. The summed E-state index contributed by atoms with van der Waals surface area (Å²) >= 11 is 12.7. The number of rotatable bonds is 15. The van der Waals surface area contributed by atoms with Crippen molar-refractivity contribution in [3.8, 4) is 11.5 Å². The summed E-state index contributed by atoms with van der Waals surface area (Å²) in [6.45, 7) is -3.86. The lowest BCUT2D eigenvalue weighted by atomic mass is 10.0. The molecule has 1 fully saturated rings. The molecule has 0 radical (unpaired) electrons. The smallest absolute Gasteiger partial charge is 0.387 e. The van der Waals surface area contributed by atoms with Crippen LogP contribution in [-0.4, -0.2) is 62.1 Å². The fraction of sp³-hybridized carbons (Fsp3) is 0.286. The molecule has 0 bridgehead atoms. The van der Waals surface area contributed by atoms with Crippen molar-refractivity contribution in [2.75, 3.05) is 23.7 Å². The van der Waals surface area contributed by atoms with Crippen molar-refractivity contribution in [3.63, 3.8) is 0 Å². The van der Waals surface area contributed by atoms with Crippen LogP contribution in [0.2, 0.25) is 10.0 Å². The third-order valence-electron chi connectivity index (χ3n) is 8.43. The first-order chi connectivity index (χ1) is 25.2. The Balaban J connectivity index is 1.26. The van der Waals surface area contributed by atoms with E-state index in [-0.39, 0.29) is 75.0 Å². The number of nitrogens with zero attached hydrogens (tertiary/aromatic N) is 4. The van der Waals surface area contributed by atoms with Crippen LogP contribution in [0.25, 0.3) is 0 Å². The molecule has 13 nitrogen and oxygen atoms in total. The molecule has 1 saturated carbocycles. The Bertz CT molecular complexity index is 2150. The number of hydrogen-bond acceptors (Lipinski definition) is 10. The van der Waals surface area contributed by atoms with Crippen LogP contribution in [0, 0.1) is 11.1 Å². The lowest BCUT2D eigenvalue weighted by molar-refractivity contribution is -0.605. The number of sulfonamides is 1. The van der Waals surface area contributed by atoms with Gasteiger partial charge >= 0.3 is 12.6 Å². The fourth-order valence-corrected chi connectivity index (χ4v) is 7.10. The minimum Gasteiger partial charge on any atom is -0.619 e. The molecule has 1 atom stereocenters. The second-order valence-electron chi connectivity index (χ2n) is 12.4. The van der Waals surface area contributed by atoms with Crippen molar-refractivity contribution in [2.45, 2.75) is 38.5 Å². The fourth-order valence-electron chi connectivity index (χ4n) is 5.62.